The van der Waals surface area contributed by atoms with Gasteiger partial charge in [-0.3, -0.25) is 4.98 Å². The van der Waals surface area contributed by atoms with Gasteiger partial charge in [0.25, 0.3) is 0 Å². The lowest BCUT2D eigenvalue weighted by Gasteiger charge is -2.12. The molecule has 3 aromatic rings. The van der Waals surface area contributed by atoms with E-state index in [1.165, 1.54) is 0 Å². The lowest BCUT2D eigenvalue weighted by atomic mass is 10.2. The van der Waals surface area contributed by atoms with Crippen LogP contribution < -0.4 is 15.4 Å². The Hall–Kier alpha value is -2.86. The SMILES string of the molecule is COc1ccc(Cl)cc1Nc1nc(C)cc(NCc2ccncc2)n1. The first-order chi connectivity index (χ1) is 12.1. The lowest BCUT2D eigenvalue weighted by molar-refractivity contribution is 0.417. The van der Waals surface area contributed by atoms with Gasteiger partial charge in [0.1, 0.15) is 11.6 Å². The topological polar surface area (TPSA) is 72.0 Å². The van der Waals surface area contributed by atoms with Crippen molar-refractivity contribution in [2.24, 2.45) is 0 Å². The van der Waals surface area contributed by atoms with Gasteiger partial charge in [0, 0.05) is 35.7 Å². The minimum absolute atomic E-state index is 0.470. The quantitative estimate of drug-likeness (QED) is 0.690. The fraction of sp³-hybridized carbons (Fsp3) is 0.167. The second-order valence-corrected chi connectivity index (χ2v) is 5.83. The highest BCUT2D eigenvalue weighted by atomic mass is 35.5. The van der Waals surface area contributed by atoms with Crippen LogP contribution in [0.1, 0.15) is 11.3 Å². The van der Waals surface area contributed by atoms with E-state index in [1.807, 2.05) is 25.1 Å². The molecular weight excluding hydrogens is 338 g/mol. The van der Waals surface area contributed by atoms with E-state index in [1.54, 1.807) is 37.7 Å². The number of hydrogen-bond acceptors (Lipinski definition) is 6. The largest absolute Gasteiger partial charge is 0.495 e. The Labute approximate surface area is 151 Å². The van der Waals surface area contributed by atoms with Gasteiger partial charge in [-0.1, -0.05) is 11.6 Å². The minimum atomic E-state index is 0.470. The number of anilines is 3. The van der Waals surface area contributed by atoms with E-state index in [9.17, 15) is 0 Å². The third-order valence-electron chi connectivity index (χ3n) is 3.49. The van der Waals surface area contributed by atoms with Crippen LogP contribution in [0.2, 0.25) is 5.02 Å². The molecule has 0 aliphatic rings. The molecule has 2 aromatic heterocycles. The first-order valence-electron chi connectivity index (χ1n) is 7.73. The van der Waals surface area contributed by atoms with Crippen molar-refractivity contribution < 1.29 is 4.74 Å². The van der Waals surface area contributed by atoms with Crippen LogP contribution in [0.15, 0.2) is 48.8 Å². The number of nitrogens with one attached hydrogen (secondary N) is 2. The van der Waals surface area contributed by atoms with Crippen LogP contribution in [0.3, 0.4) is 0 Å². The summed E-state index contributed by atoms with van der Waals surface area (Å²) < 4.78 is 5.34. The zero-order valence-corrected chi connectivity index (χ0v) is 14.7. The van der Waals surface area contributed by atoms with E-state index >= 15 is 0 Å². The van der Waals surface area contributed by atoms with E-state index in [0.717, 1.165) is 17.1 Å². The summed E-state index contributed by atoms with van der Waals surface area (Å²) in [6, 6.07) is 11.1. The average Bonchev–Trinajstić information content (AvgIpc) is 2.61. The Morgan fingerprint density at radius 2 is 1.88 bits per heavy atom. The standard InChI is InChI=1S/C18H18ClN5O/c1-12-9-17(21-11-13-5-7-20-8-6-13)24-18(22-12)23-15-10-14(19)3-4-16(15)25-2/h3-10H,11H2,1-2H3,(H2,21,22,23,24). The number of hydrogen-bond donors (Lipinski definition) is 2. The van der Waals surface area contributed by atoms with Crippen molar-refractivity contribution >= 4 is 29.1 Å². The molecule has 3 rings (SSSR count). The van der Waals surface area contributed by atoms with Gasteiger partial charge in [0.2, 0.25) is 5.95 Å². The van der Waals surface area contributed by atoms with Gasteiger partial charge in [-0.05, 0) is 42.8 Å². The van der Waals surface area contributed by atoms with Gasteiger partial charge >= 0.3 is 0 Å². The van der Waals surface area contributed by atoms with E-state index in [-0.39, 0.29) is 0 Å². The zero-order chi connectivity index (χ0) is 17.6. The summed E-state index contributed by atoms with van der Waals surface area (Å²) in [5, 5.41) is 7.06. The van der Waals surface area contributed by atoms with Crippen molar-refractivity contribution in [3.63, 3.8) is 0 Å². The molecule has 0 radical (unpaired) electrons. The lowest BCUT2D eigenvalue weighted by Crippen LogP contribution is -2.06. The van der Waals surface area contributed by atoms with Gasteiger partial charge in [-0.25, -0.2) is 4.98 Å². The monoisotopic (exact) mass is 355 g/mol. The fourth-order valence-electron chi connectivity index (χ4n) is 2.31. The molecule has 128 valence electrons. The molecule has 0 bridgehead atoms. The average molecular weight is 356 g/mol. The molecule has 2 N–H and O–H groups in total. The summed E-state index contributed by atoms with van der Waals surface area (Å²) in [5.41, 5.74) is 2.67. The van der Waals surface area contributed by atoms with Crippen LogP contribution >= 0.6 is 11.6 Å². The molecule has 0 atom stereocenters. The Balaban J connectivity index is 1.79. The van der Waals surface area contributed by atoms with E-state index in [0.29, 0.717) is 29.0 Å². The third-order valence-corrected chi connectivity index (χ3v) is 3.72. The van der Waals surface area contributed by atoms with Gasteiger partial charge in [0.15, 0.2) is 0 Å². The molecule has 1 aromatic carbocycles. The molecule has 25 heavy (non-hydrogen) atoms. The number of pyridine rings is 1. The number of aromatic nitrogens is 3. The Morgan fingerprint density at radius 3 is 2.64 bits per heavy atom. The molecule has 7 heteroatoms. The molecule has 0 spiro atoms. The number of ether oxygens (including phenoxy) is 1. The van der Waals surface area contributed by atoms with E-state index in [2.05, 4.69) is 25.6 Å². The fourth-order valence-corrected chi connectivity index (χ4v) is 2.48. The Morgan fingerprint density at radius 1 is 1.08 bits per heavy atom. The summed E-state index contributed by atoms with van der Waals surface area (Å²) in [6.45, 7) is 2.57. The van der Waals surface area contributed by atoms with Gasteiger partial charge in [0.05, 0.1) is 12.8 Å². The highest BCUT2D eigenvalue weighted by molar-refractivity contribution is 6.31. The van der Waals surface area contributed by atoms with Crippen LogP contribution in [0.5, 0.6) is 5.75 Å². The third kappa shape index (κ3) is 4.58. The number of benzene rings is 1. The normalized spacial score (nSPS) is 10.4. The van der Waals surface area contributed by atoms with Crippen molar-refractivity contribution in [3.8, 4) is 5.75 Å². The zero-order valence-electron chi connectivity index (χ0n) is 14.0. The molecule has 0 unspecified atom stereocenters. The highest BCUT2D eigenvalue weighted by Crippen LogP contribution is 2.29. The number of aryl methyl sites for hydroxylation is 1. The maximum atomic E-state index is 6.07. The maximum Gasteiger partial charge on any atom is 0.229 e. The molecule has 0 saturated heterocycles. The van der Waals surface area contributed by atoms with Crippen LogP contribution in [0.25, 0.3) is 0 Å². The summed E-state index contributed by atoms with van der Waals surface area (Å²) in [7, 11) is 1.60. The minimum Gasteiger partial charge on any atom is -0.495 e. The number of nitrogens with zero attached hydrogens (tertiary/aromatic N) is 3. The second-order valence-electron chi connectivity index (χ2n) is 5.40. The van der Waals surface area contributed by atoms with Crippen LogP contribution in [0.4, 0.5) is 17.5 Å². The van der Waals surface area contributed by atoms with Crippen molar-refractivity contribution in [2.45, 2.75) is 13.5 Å². The predicted octanol–water partition coefficient (Wildman–Crippen LogP) is 4.20. The Bertz CT molecular complexity index is 857. The number of rotatable bonds is 6. The van der Waals surface area contributed by atoms with Crippen molar-refractivity contribution in [2.75, 3.05) is 17.7 Å². The summed E-state index contributed by atoms with van der Waals surface area (Å²) in [6.07, 6.45) is 3.53. The van der Waals surface area contributed by atoms with Gasteiger partial charge < -0.3 is 15.4 Å². The number of halogens is 1. The van der Waals surface area contributed by atoms with E-state index < -0.39 is 0 Å². The first-order valence-corrected chi connectivity index (χ1v) is 8.11. The maximum absolute atomic E-state index is 6.07. The first kappa shape index (κ1) is 17.0. The number of methoxy groups -OCH3 is 1. The van der Waals surface area contributed by atoms with Crippen molar-refractivity contribution in [1.82, 2.24) is 15.0 Å². The molecule has 6 nitrogen and oxygen atoms in total. The summed E-state index contributed by atoms with van der Waals surface area (Å²) >= 11 is 6.07. The van der Waals surface area contributed by atoms with Crippen LogP contribution in [0, 0.1) is 6.92 Å². The van der Waals surface area contributed by atoms with Gasteiger partial charge in [-0.2, -0.15) is 4.98 Å². The second kappa shape index (κ2) is 7.81. The highest BCUT2D eigenvalue weighted by Gasteiger charge is 2.08. The van der Waals surface area contributed by atoms with Gasteiger partial charge in [-0.15, -0.1) is 0 Å². The molecule has 0 aliphatic heterocycles. The van der Waals surface area contributed by atoms with E-state index in [4.69, 9.17) is 16.3 Å². The summed E-state index contributed by atoms with van der Waals surface area (Å²) in [4.78, 5) is 12.9. The molecule has 0 saturated carbocycles. The summed E-state index contributed by atoms with van der Waals surface area (Å²) in [5.74, 6) is 1.87. The molecule has 0 aliphatic carbocycles. The van der Waals surface area contributed by atoms with Crippen molar-refractivity contribution in [1.29, 1.82) is 0 Å². The van der Waals surface area contributed by atoms with Crippen LogP contribution in [-0.4, -0.2) is 22.1 Å². The predicted molar refractivity (Wildman–Crippen MR) is 99.6 cm³/mol. The molecular formula is C18H18ClN5O. The molecule has 0 fully saturated rings. The molecule has 0 amide bonds. The van der Waals surface area contributed by atoms with Crippen LogP contribution in [-0.2, 0) is 6.54 Å². The van der Waals surface area contributed by atoms with Crippen molar-refractivity contribution in [3.05, 3.63) is 65.1 Å². The smallest absolute Gasteiger partial charge is 0.229 e. The molecule has 2 heterocycles. The Kier molecular flexibility index (Phi) is 5.30.